The quantitative estimate of drug-likeness (QED) is 0.431. The van der Waals surface area contributed by atoms with Crippen LogP contribution in [0.15, 0.2) is 27.4 Å². The smallest absolute Gasteiger partial charge is 0.254 e. The lowest BCUT2D eigenvalue weighted by Crippen LogP contribution is -2.30. The molecular weight excluding hydrogens is 433 g/mol. The summed E-state index contributed by atoms with van der Waals surface area (Å²) in [5, 5.41) is 10.1. The third-order valence-electron chi connectivity index (χ3n) is 5.63. The van der Waals surface area contributed by atoms with Gasteiger partial charge >= 0.3 is 0 Å². The highest BCUT2D eigenvalue weighted by Crippen LogP contribution is 2.41. The zero-order chi connectivity index (χ0) is 22.7. The van der Waals surface area contributed by atoms with Crippen molar-refractivity contribution in [2.75, 3.05) is 10.6 Å². The van der Waals surface area contributed by atoms with Gasteiger partial charge in [-0.2, -0.15) is 0 Å². The van der Waals surface area contributed by atoms with E-state index in [9.17, 15) is 9.59 Å². The Morgan fingerprint density at radius 2 is 1.87 bits per heavy atom. The Hall–Kier alpha value is -2.56. The predicted octanol–water partition coefficient (Wildman–Crippen LogP) is 5.65. The number of amides is 1. The van der Waals surface area contributed by atoms with E-state index in [2.05, 4.69) is 45.6 Å². The van der Waals surface area contributed by atoms with Crippen LogP contribution in [0, 0.1) is 24.2 Å². The monoisotopic (exact) mass is 457 g/mol. The Morgan fingerprint density at radius 1 is 1.16 bits per heavy atom. The van der Waals surface area contributed by atoms with Crippen LogP contribution in [0.3, 0.4) is 0 Å². The number of furan rings is 1. The fourth-order valence-electron chi connectivity index (χ4n) is 3.93. The van der Waals surface area contributed by atoms with Crippen LogP contribution >= 0.6 is 20.5 Å². The van der Waals surface area contributed by atoms with Crippen LogP contribution in [0.1, 0.15) is 59.8 Å². The van der Waals surface area contributed by atoms with Crippen molar-refractivity contribution in [3.05, 3.63) is 66.6 Å². The predicted molar refractivity (Wildman–Crippen MR) is 127 cm³/mol. The van der Waals surface area contributed by atoms with Gasteiger partial charge in [-0.25, -0.2) is 0 Å². The van der Waals surface area contributed by atoms with Crippen LogP contribution in [-0.2, 0) is 6.54 Å². The summed E-state index contributed by atoms with van der Waals surface area (Å²) in [7, 11) is 3.44. The van der Waals surface area contributed by atoms with Gasteiger partial charge < -0.3 is 20.4 Å². The average Bonchev–Trinajstić information content (AvgIpc) is 3.28. The number of rotatable bonds is 5. The number of halogens is 1. The summed E-state index contributed by atoms with van der Waals surface area (Å²) in [6, 6.07) is 5.44. The zero-order valence-corrected chi connectivity index (χ0v) is 19.9. The molecular formula is C23H25ClN3O3P. The molecule has 0 radical (unpaired) electrons. The molecule has 0 spiro atoms. The molecule has 0 saturated heterocycles. The molecule has 162 valence electrons. The van der Waals surface area contributed by atoms with Gasteiger partial charge in [0.1, 0.15) is 17.2 Å². The minimum Gasteiger partial charge on any atom is -0.464 e. The summed E-state index contributed by atoms with van der Waals surface area (Å²) in [6.45, 7) is 10.4. The van der Waals surface area contributed by atoms with Crippen molar-refractivity contribution in [2.24, 2.45) is 5.41 Å². The first-order chi connectivity index (χ1) is 14.5. The Labute approximate surface area is 187 Å². The van der Waals surface area contributed by atoms with E-state index in [0.717, 1.165) is 22.6 Å². The van der Waals surface area contributed by atoms with Crippen molar-refractivity contribution in [1.29, 1.82) is 0 Å². The molecule has 1 aliphatic rings. The lowest BCUT2D eigenvalue weighted by molar-refractivity contribution is 0.0966. The molecule has 1 atom stereocenters. The van der Waals surface area contributed by atoms with Gasteiger partial charge in [0.15, 0.2) is 0 Å². The lowest BCUT2D eigenvalue weighted by Gasteiger charge is -2.32. The Bertz CT molecular complexity index is 1280. The molecule has 2 heterocycles. The van der Waals surface area contributed by atoms with Crippen LogP contribution in [0.25, 0.3) is 0 Å². The Balaban J connectivity index is 1.74. The lowest BCUT2D eigenvalue weighted by atomic mass is 9.85. The first-order valence-electron chi connectivity index (χ1n) is 10.1. The van der Waals surface area contributed by atoms with Crippen molar-refractivity contribution in [1.82, 2.24) is 5.32 Å². The normalized spacial score (nSPS) is 14.5. The van der Waals surface area contributed by atoms with Crippen LogP contribution in [-0.4, -0.2) is 5.91 Å². The maximum Gasteiger partial charge on any atom is 0.254 e. The number of carbonyl (C=O) groups excluding carboxylic acids is 1. The molecule has 0 bridgehead atoms. The van der Waals surface area contributed by atoms with Gasteiger partial charge in [-0.15, -0.1) is 8.86 Å². The summed E-state index contributed by atoms with van der Waals surface area (Å²) in [4.78, 5) is 25.6. The molecule has 0 unspecified atom stereocenters. The van der Waals surface area contributed by atoms with Gasteiger partial charge in [0, 0.05) is 17.1 Å². The van der Waals surface area contributed by atoms with E-state index < -0.39 is 0 Å². The summed E-state index contributed by atoms with van der Waals surface area (Å²) >= 11 is 6.34. The third kappa shape index (κ3) is 3.68. The molecule has 0 saturated carbocycles. The first kappa shape index (κ1) is 21.7. The number of nitrogens with one attached hydrogen (secondary N) is 3. The molecule has 3 aromatic rings. The number of hydrogen-bond acceptors (Lipinski definition) is 5. The second-order valence-corrected chi connectivity index (χ2v) is 9.96. The van der Waals surface area contributed by atoms with Crippen molar-refractivity contribution in [2.45, 2.75) is 47.2 Å². The number of hydrogen-bond donors (Lipinski definition) is 3. The molecule has 1 aliphatic heterocycles. The molecule has 4 rings (SSSR count). The minimum absolute atomic E-state index is 0.135. The van der Waals surface area contributed by atoms with Crippen LogP contribution in [0.5, 0.6) is 0 Å². The average molecular weight is 458 g/mol. The number of fused-ring (bicyclic) bond motifs is 1. The molecule has 0 fully saturated rings. The highest BCUT2D eigenvalue weighted by molar-refractivity contribution is 7.07. The van der Waals surface area contributed by atoms with Crippen LogP contribution in [0.2, 0.25) is 5.02 Å². The maximum absolute atomic E-state index is 12.7. The van der Waals surface area contributed by atoms with E-state index in [1.807, 2.05) is 32.0 Å². The van der Waals surface area contributed by atoms with E-state index in [1.165, 1.54) is 0 Å². The topological polar surface area (TPSA) is 83.4 Å². The van der Waals surface area contributed by atoms with Gasteiger partial charge in [-0.1, -0.05) is 32.4 Å². The molecule has 6 nitrogen and oxygen atoms in total. The van der Waals surface area contributed by atoms with E-state index >= 15 is 0 Å². The van der Waals surface area contributed by atoms with E-state index in [0.29, 0.717) is 39.1 Å². The Morgan fingerprint density at radius 3 is 2.48 bits per heavy atom. The van der Waals surface area contributed by atoms with Gasteiger partial charge in [-0.3, -0.25) is 9.59 Å². The van der Waals surface area contributed by atoms with Gasteiger partial charge in [0.05, 0.1) is 27.9 Å². The second-order valence-electron chi connectivity index (χ2n) is 9.06. The SMILES string of the molecule is Cc1ccc([C@H](Nc2c(Nc3c(C)cc(Cl)c4c3C(=O)NC4)c(=P)c2=O)C(C)(C)C)o1. The highest BCUT2D eigenvalue weighted by atomic mass is 35.5. The summed E-state index contributed by atoms with van der Waals surface area (Å²) in [5.41, 5.74) is 3.44. The summed E-state index contributed by atoms with van der Waals surface area (Å²) in [5.74, 6) is 1.39. The first-order valence-corrected chi connectivity index (χ1v) is 10.9. The zero-order valence-electron chi connectivity index (χ0n) is 18.1. The van der Waals surface area contributed by atoms with E-state index in [-0.39, 0.29) is 22.8 Å². The van der Waals surface area contributed by atoms with Gasteiger partial charge in [0.2, 0.25) is 5.43 Å². The minimum atomic E-state index is -0.225. The Kier molecular flexibility index (Phi) is 5.27. The fraction of sp³-hybridized carbons (Fsp3) is 0.348. The molecule has 3 N–H and O–H groups in total. The standard InChI is InChI=1S/C23H25ClN3O3P/c1-10-8-13(24)12-9-25-22(29)15(12)16(10)26-18-17(19(28)20(18)31)27-21(23(3,4)5)14-7-6-11(2)30-14/h6-8,21,26-27,31H,9H2,1-5H3,(H,25,29)/t21-/m0/s1. The second kappa shape index (κ2) is 7.54. The molecule has 1 amide bonds. The van der Waals surface area contributed by atoms with Crippen molar-refractivity contribution >= 4 is 43.4 Å². The summed E-state index contributed by atoms with van der Waals surface area (Å²) < 4.78 is 5.86. The van der Waals surface area contributed by atoms with Crippen LogP contribution < -0.4 is 21.4 Å². The van der Waals surface area contributed by atoms with Crippen LogP contribution in [0.4, 0.5) is 17.1 Å². The maximum atomic E-state index is 12.7. The summed E-state index contributed by atoms with van der Waals surface area (Å²) in [6.07, 6.45) is 0. The van der Waals surface area contributed by atoms with Crippen molar-refractivity contribution in [3.8, 4) is 0 Å². The van der Waals surface area contributed by atoms with Gasteiger partial charge in [-0.05, 0) is 43.0 Å². The highest BCUT2D eigenvalue weighted by Gasteiger charge is 2.33. The fourth-order valence-corrected chi connectivity index (χ4v) is 4.57. The number of carbonyl (C=O) groups is 1. The molecule has 1 aromatic heterocycles. The van der Waals surface area contributed by atoms with Gasteiger partial charge in [0.25, 0.3) is 5.91 Å². The largest absolute Gasteiger partial charge is 0.464 e. The van der Waals surface area contributed by atoms with E-state index in [1.54, 1.807) is 0 Å². The van der Waals surface area contributed by atoms with Crippen molar-refractivity contribution < 1.29 is 9.21 Å². The number of anilines is 3. The number of aryl methyl sites for hydroxylation is 2. The molecule has 2 aromatic carbocycles. The number of benzene rings is 1. The molecule has 31 heavy (non-hydrogen) atoms. The molecule has 0 aliphatic carbocycles. The van der Waals surface area contributed by atoms with Crippen molar-refractivity contribution in [3.63, 3.8) is 0 Å². The third-order valence-corrected chi connectivity index (χ3v) is 6.45. The molecule has 8 heteroatoms. The van der Waals surface area contributed by atoms with E-state index in [4.69, 9.17) is 16.0 Å².